The zero-order valence-corrected chi connectivity index (χ0v) is 20.1. The molecular formula is C27H26ClN5O2. The van der Waals surface area contributed by atoms with E-state index in [1.54, 1.807) is 7.11 Å². The van der Waals surface area contributed by atoms with Crippen molar-refractivity contribution in [2.24, 2.45) is 0 Å². The molecule has 178 valence electrons. The maximum atomic E-state index is 12.6. The van der Waals surface area contributed by atoms with E-state index >= 15 is 0 Å². The minimum absolute atomic E-state index is 0.0134. The van der Waals surface area contributed by atoms with Crippen LogP contribution in [0.3, 0.4) is 0 Å². The van der Waals surface area contributed by atoms with Gasteiger partial charge in [0.1, 0.15) is 5.75 Å². The van der Waals surface area contributed by atoms with E-state index in [0.717, 1.165) is 28.9 Å². The van der Waals surface area contributed by atoms with Crippen molar-refractivity contribution in [2.45, 2.75) is 31.3 Å². The van der Waals surface area contributed by atoms with E-state index in [-0.39, 0.29) is 23.9 Å². The number of para-hydroxylation sites is 1. The normalized spacial score (nSPS) is 16.7. The lowest BCUT2D eigenvalue weighted by molar-refractivity contribution is -0.116. The number of fused-ring (bicyclic) bond motifs is 1. The van der Waals surface area contributed by atoms with Gasteiger partial charge in [-0.15, -0.1) is 5.10 Å². The highest BCUT2D eigenvalue weighted by Gasteiger charge is 2.33. The monoisotopic (exact) mass is 487 g/mol. The Morgan fingerprint density at radius 3 is 2.60 bits per heavy atom. The molecule has 0 spiro atoms. The van der Waals surface area contributed by atoms with Gasteiger partial charge in [0, 0.05) is 17.0 Å². The first-order chi connectivity index (χ1) is 17.1. The third kappa shape index (κ3) is 5.15. The minimum Gasteiger partial charge on any atom is -0.496 e. The first-order valence-electron chi connectivity index (χ1n) is 11.6. The van der Waals surface area contributed by atoms with Crippen molar-refractivity contribution < 1.29 is 9.53 Å². The molecule has 2 heterocycles. The van der Waals surface area contributed by atoms with Crippen LogP contribution >= 0.6 is 11.6 Å². The Bertz CT molecular complexity index is 1310. The minimum atomic E-state index is -0.134. The van der Waals surface area contributed by atoms with Gasteiger partial charge in [0.05, 0.1) is 19.2 Å². The Labute approximate surface area is 209 Å². The summed E-state index contributed by atoms with van der Waals surface area (Å²) in [5.74, 6) is 1.52. The van der Waals surface area contributed by atoms with Gasteiger partial charge in [0.25, 0.3) is 5.95 Å². The van der Waals surface area contributed by atoms with E-state index < -0.39 is 0 Å². The molecule has 1 amide bonds. The standard InChI is InChI=1S/C27H26ClN5O2/c1-35-24-10-6-5-9-21(24)23-17-22(19-12-14-20(28)15-13-19)29-27-31-26(32-33(23)27)30-25(34)16-11-18-7-3-2-4-8-18/h2-10,12-15,22-23H,11,16-17H2,1H3,(H2,29,30,31,32,34)/t22-,23+/m0/s1. The summed E-state index contributed by atoms with van der Waals surface area (Å²) in [5, 5.41) is 11.7. The van der Waals surface area contributed by atoms with Crippen LogP contribution in [0.1, 0.15) is 41.6 Å². The molecule has 35 heavy (non-hydrogen) atoms. The topological polar surface area (TPSA) is 81.1 Å². The van der Waals surface area contributed by atoms with Crippen LogP contribution in [0.4, 0.5) is 11.9 Å². The number of aromatic nitrogens is 3. The molecule has 0 aliphatic carbocycles. The van der Waals surface area contributed by atoms with Gasteiger partial charge in [-0.05, 0) is 42.2 Å². The average Bonchev–Trinajstić information content (AvgIpc) is 3.30. The molecule has 0 saturated carbocycles. The predicted molar refractivity (Wildman–Crippen MR) is 137 cm³/mol. The zero-order chi connectivity index (χ0) is 24.2. The van der Waals surface area contributed by atoms with Crippen molar-refractivity contribution in [1.82, 2.24) is 14.8 Å². The number of nitrogens with zero attached hydrogens (tertiary/aromatic N) is 3. The number of benzene rings is 3. The van der Waals surface area contributed by atoms with Crippen molar-refractivity contribution >= 4 is 29.4 Å². The molecule has 3 aromatic carbocycles. The highest BCUT2D eigenvalue weighted by molar-refractivity contribution is 6.30. The van der Waals surface area contributed by atoms with E-state index in [1.165, 1.54) is 0 Å². The molecule has 1 aliphatic rings. The second-order valence-corrected chi connectivity index (χ2v) is 8.92. The van der Waals surface area contributed by atoms with Gasteiger partial charge in [-0.2, -0.15) is 4.98 Å². The highest BCUT2D eigenvalue weighted by Crippen LogP contribution is 2.41. The van der Waals surface area contributed by atoms with Crippen molar-refractivity contribution in [3.05, 3.63) is 101 Å². The molecule has 5 rings (SSSR count). The summed E-state index contributed by atoms with van der Waals surface area (Å²) in [6.07, 6.45) is 1.73. The lowest BCUT2D eigenvalue weighted by Crippen LogP contribution is -2.28. The number of ether oxygens (including phenoxy) is 1. The molecule has 7 nitrogen and oxygen atoms in total. The van der Waals surface area contributed by atoms with E-state index in [4.69, 9.17) is 16.3 Å². The molecule has 0 bridgehead atoms. The van der Waals surface area contributed by atoms with Crippen LogP contribution in [0.15, 0.2) is 78.9 Å². The van der Waals surface area contributed by atoms with Crippen LogP contribution in [-0.4, -0.2) is 27.8 Å². The van der Waals surface area contributed by atoms with E-state index in [1.807, 2.05) is 83.5 Å². The van der Waals surface area contributed by atoms with E-state index in [0.29, 0.717) is 23.8 Å². The number of hydrogen-bond acceptors (Lipinski definition) is 5. The highest BCUT2D eigenvalue weighted by atomic mass is 35.5. The first kappa shape index (κ1) is 22.9. The second kappa shape index (κ2) is 10.2. The van der Waals surface area contributed by atoms with Crippen molar-refractivity contribution in [1.29, 1.82) is 0 Å². The molecular weight excluding hydrogens is 462 g/mol. The Hall–Kier alpha value is -3.84. The number of methoxy groups -OCH3 is 1. The molecule has 2 atom stereocenters. The quantitative estimate of drug-likeness (QED) is 0.351. The third-order valence-corrected chi connectivity index (χ3v) is 6.45. The van der Waals surface area contributed by atoms with Crippen LogP contribution in [0.25, 0.3) is 0 Å². The number of rotatable bonds is 7. The summed E-state index contributed by atoms with van der Waals surface area (Å²) in [5.41, 5.74) is 3.21. The Kier molecular flexibility index (Phi) is 6.68. The number of hydrogen-bond donors (Lipinski definition) is 2. The summed E-state index contributed by atoms with van der Waals surface area (Å²) in [6, 6.07) is 25.5. The lowest BCUT2D eigenvalue weighted by atomic mass is 9.93. The number of amides is 1. The molecule has 8 heteroatoms. The molecule has 0 fully saturated rings. The number of nitrogens with one attached hydrogen (secondary N) is 2. The van der Waals surface area contributed by atoms with Crippen LogP contribution in [0.5, 0.6) is 5.75 Å². The smallest absolute Gasteiger partial charge is 0.250 e. The van der Waals surface area contributed by atoms with Gasteiger partial charge in [0.2, 0.25) is 11.9 Å². The number of halogens is 1. The van der Waals surface area contributed by atoms with Gasteiger partial charge in [0.15, 0.2) is 0 Å². The van der Waals surface area contributed by atoms with E-state index in [9.17, 15) is 4.79 Å². The predicted octanol–water partition coefficient (Wildman–Crippen LogP) is 5.66. The molecule has 0 radical (unpaired) electrons. The summed E-state index contributed by atoms with van der Waals surface area (Å²) in [6.45, 7) is 0. The van der Waals surface area contributed by atoms with Gasteiger partial charge < -0.3 is 10.1 Å². The Balaban J connectivity index is 1.41. The zero-order valence-electron chi connectivity index (χ0n) is 19.3. The van der Waals surface area contributed by atoms with Crippen molar-refractivity contribution in [2.75, 3.05) is 17.7 Å². The van der Waals surface area contributed by atoms with Crippen LogP contribution in [-0.2, 0) is 11.2 Å². The fraction of sp³-hybridized carbons (Fsp3) is 0.222. The fourth-order valence-corrected chi connectivity index (χ4v) is 4.56. The number of aryl methyl sites for hydroxylation is 1. The second-order valence-electron chi connectivity index (χ2n) is 8.48. The summed E-state index contributed by atoms with van der Waals surface area (Å²) in [7, 11) is 1.66. The van der Waals surface area contributed by atoms with Gasteiger partial charge in [-0.3, -0.25) is 10.1 Å². The maximum absolute atomic E-state index is 12.6. The van der Waals surface area contributed by atoms with Crippen LogP contribution in [0.2, 0.25) is 5.02 Å². The number of carbonyl (C=O) groups excluding carboxylic acids is 1. The molecule has 2 N–H and O–H groups in total. The van der Waals surface area contributed by atoms with Crippen molar-refractivity contribution in [3.8, 4) is 5.75 Å². The fourth-order valence-electron chi connectivity index (χ4n) is 4.43. The molecule has 0 saturated heterocycles. The maximum Gasteiger partial charge on any atom is 0.250 e. The molecule has 0 unspecified atom stereocenters. The average molecular weight is 488 g/mol. The summed E-state index contributed by atoms with van der Waals surface area (Å²) >= 11 is 6.11. The Morgan fingerprint density at radius 1 is 1.09 bits per heavy atom. The summed E-state index contributed by atoms with van der Waals surface area (Å²) in [4.78, 5) is 17.2. The van der Waals surface area contributed by atoms with Gasteiger partial charge in [-0.1, -0.05) is 72.3 Å². The van der Waals surface area contributed by atoms with Crippen LogP contribution in [0, 0.1) is 0 Å². The number of anilines is 2. The Morgan fingerprint density at radius 2 is 1.83 bits per heavy atom. The summed E-state index contributed by atoms with van der Waals surface area (Å²) < 4.78 is 7.48. The van der Waals surface area contributed by atoms with E-state index in [2.05, 4.69) is 20.7 Å². The van der Waals surface area contributed by atoms with Gasteiger partial charge in [-0.25, -0.2) is 4.68 Å². The molecule has 1 aromatic heterocycles. The SMILES string of the molecule is COc1ccccc1[C@H]1C[C@@H](c2ccc(Cl)cc2)Nc2nc(NC(=O)CCc3ccccc3)nn21. The van der Waals surface area contributed by atoms with Crippen molar-refractivity contribution in [3.63, 3.8) is 0 Å². The van der Waals surface area contributed by atoms with Crippen LogP contribution < -0.4 is 15.4 Å². The van der Waals surface area contributed by atoms with Gasteiger partial charge >= 0.3 is 0 Å². The lowest BCUT2D eigenvalue weighted by Gasteiger charge is -2.32. The first-order valence-corrected chi connectivity index (χ1v) is 11.9. The molecule has 4 aromatic rings. The third-order valence-electron chi connectivity index (χ3n) is 6.19. The number of carbonyl (C=O) groups is 1. The molecule has 1 aliphatic heterocycles. The largest absolute Gasteiger partial charge is 0.496 e.